The summed E-state index contributed by atoms with van der Waals surface area (Å²) in [5, 5.41) is 35.4. The van der Waals surface area contributed by atoms with Gasteiger partial charge in [-0.2, -0.15) is 5.10 Å². The first-order valence-electron chi connectivity index (χ1n) is 9.06. The van der Waals surface area contributed by atoms with Gasteiger partial charge in [-0.3, -0.25) is 29.8 Å². The summed E-state index contributed by atoms with van der Waals surface area (Å²) >= 11 is 0. The molecule has 2 aromatic carbocycles. The second kappa shape index (κ2) is 8.98. The van der Waals surface area contributed by atoms with Gasteiger partial charge < -0.3 is 10.0 Å². The number of carbonyl (C=O) groups is 2. The van der Waals surface area contributed by atoms with Crippen LogP contribution in [0.4, 0.5) is 11.4 Å². The molecule has 0 aromatic heterocycles. The zero-order valence-corrected chi connectivity index (χ0v) is 16.0. The highest BCUT2D eigenvalue weighted by Crippen LogP contribution is 2.33. The summed E-state index contributed by atoms with van der Waals surface area (Å²) in [5.74, 6) is -1.65. The number of non-ortho nitro benzene ring substituents is 1. The molecule has 2 aromatic rings. The zero-order valence-electron chi connectivity index (χ0n) is 16.0. The Labute approximate surface area is 175 Å². The number of nitrogens with one attached hydrogen (secondary N) is 1. The molecule has 1 heterocycles. The highest BCUT2D eigenvalue weighted by molar-refractivity contribution is 5.90. The number of likely N-dealkylation sites (tertiary alicyclic amines) is 1. The molecule has 2 N–H and O–H groups in total. The average Bonchev–Trinajstić information content (AvgIpc) is 3.09. The number of benzene rings is 2. The maximum absolute atomic E-state index is 12.2. The molecule has 0 aliphatic carbocycles. The molecule has 1 saturated heterocycles. The van der Waals surface area contributed by atoms with Crippen LogP contribution >= 0.6 is 0 Å². The fourth-order valence-electron chi connectivity index (χ4n) is 3.22. The summed E-state index contributed by atoms with van der Waals surface area (Å²) in [6.45, 7) is 0.123. The van der Waals surface area contributed by atoms with Gasteiger partial charge in [-0.15, -0.1) is 0 Å². The molecule has 12 nitrogen and oxygen atoms in total. The van der Waals surface area contributed by atoms with E-state index >= 15 is 0 Å². The topological polar surface area (TPSA) is 168 Å². The van der Waals surface area contributed by atoms with Gasteiger partial charge in [-0.05, 0) is 5.56 Å². The first kappa shape index (κ1) is 21.4. The summed E-state index contributed by atoms with van der Waals surface area (Å²) in [6.07, 6.45) is 1.14. The van der Waals surface area contributed by atoms with E-state index in [1.807, 2.05) is 30.3 Å². The van der Waals surface area contributed by atoms with Gasteiger partial charge in [0.2, 0.25) is 11.7 Å². The second-order valence-electron chi connectivity index (χ2n) is 6.80. The monoisotopic (exact) mass is 427 g/mol. The van der Waals surface area contributed by atoms with E-state index in [-0.39, 0.29) is 30.4 Å². The molecule has 2 amide bonds. The van der Waals surface area contributed by atoms with E-state index in [1.54, 1.807) is 0 Å². The fraction of sp³-hybridized carbons (Fsp3) is 0.211. The number of amides is 2. The summed E-state index contributed by atoms with van der Waals surface area (Å²) in [6, 6.07) is 10.9. The minimum absolute atomic E-state index is 0.0210. The lowest BCUT2D eigenvalue weighted by molar-refractivity contribution is -0.394. The predicted octanol–water partition coefficient (Wildman–Crippen LogP) is 1.67. The number of nitro benzene ring substituents is 2. The molecule has 0 unspecified atom stereocenters. The third kappa shape index (κ3) is 4.98. The van der Waals surface area contributed by atoms with Crippen LogP contribution in [0.3, 0.4) is 0 Å². The summed E-state index contributed by atoms with van der Waals surface area (Å²) in [4.78, 5) is 45.7. The van der Waals surface area contributed by atoms with Crippen LogP contribution in [-0.4, -0.2) is 51.0 Å². The van der Waals surface area contributed by atoms with Gasteiger partial charge in [0.1, 0.15) is 6.54 Å². The molecular formula is C19H17N5O7. The molecule has 0 saturated carbocycles. The first-order valence-corrected chi connectivity index (χ1v) is 9.06. The van der Waals surface area contributed by atoms with Crippen molar-refractivity contribution in [2.75, 3.05) is 13.1 Å². The SMILES string of the molecule is O=C(CN1C[C@H](c2ccccc2)CC1=O)N/N=C\c1cc([N+](=O)[O-])cc([N+](=O)[O-])c1O. The molecule has 1 atom stereocenters. The van der Waals surface area contributed by atoms with Crippen LogP contribution in [0.15, 0.2) is 47.6 Å². The number of rotatable bonds is 7. The Bertz CT molecular complexity index is 1070. The maximum Gasteiger partial charge on any atom is 0.318 e. The number of aromatic hydroxyl groups is 1. The van der Waals surface area contributed by atoms with Crippen molar-refractivity contribution in [1.29, 1.82) is 0 Å². The number of carbonyl (C=O) groups excluding carboxylic acids is 2. The van der Waals surface area contributed by atoms with Crippen molar-refractivity contribution in [2.24, 2.45) is 5.10 Å². The molecule has 12 heteroatoms. The van der Waals surface area contributed by atoms with Gasteiger partial charge >= 0.3 is 5.69 Å². The van der Waals surface area contributed by atoms with Gasteiger partial charge in [0.05, 0.1) is 27.7 Å². The average molecular weight is 427 g/mol. The molecular weight excluding hydrogens is 410 g/mol. The maximum atomic E-state index is 12.2. The third-order valence-corrected chi connectivity index (χ3v) is 4.72. The molecule has 0 spiro atoms. The smallest absolute Gasteiger partial charge is 0.318 e. The number of phenolic OH excluding ortho intramolecular Hbond substituents is 1. The van der Waals surface area contributed by atoms with Crippen LogP contribution in [0.2, 0.25) is 0 Å². The van der Waals surface area contributed by atoms with Crippen molar-refractivity contribution < 1.29 is 24.5 Å². The lowest BCUT2D eigenvalue weighted by atomic mass is 9.99. The number of nitro groups is 2. The summed E-state index contributed by atoms with van der Waals surface area (Å²) < 4.78 is 0. The van der Waals surface area contributed by atoms with Crippen LogP contribution in [-0.2, 0) is 9.59 Å². The number of nitrogens with zero attached hydrogens (tertiary/aromatic N) is 4. The van der Waals surface area contributed by atoms with Crippen LogP contribution in [0.1, 0.15) is 23.5 Å². The molecule has 1 aliphatic heterocycles. The predicted molar refractivity (Wildman–Crippen MR) is 108 cm³/mol. The van der Waals surface area contributed by atoms with E-state index in [9.17, 15) is 34.9 Å². The van der Waals surface area contributed by atoms with E-state index in [2.05, 4.69) is 10.5 Å². The fourth-order valence-corrected chi connectivity index (χ4v) is 3.22. The van der Waals surface area contributed by atoms with E-state index in [0.717, 1.165) is 17.8 Å². The normalized spacial score (nSPS) is 15.9. The van der Waals surface area contributed by atoms with E-state index in [0.29, 0.717) is 12.6 Å². The van der Waals surface area contributed by atoms with Gasteiger partial charge in [0, 0.05) is 24.9 Å². The summed E-state index contributed by atoms with van der Waals surface area (Å²) in [7, 11) is 0. The van der Waals surface area contributed by atoms with Crippen molar-refractivity contribution in [1.82, 2.24) is 10.3 Å². The Morgan fingerprint density at radius 2 is 1.94 bits per heavy atom. The van der Waals surface area contributed by atoms with Crippen molar-refractivity contribution in [2.45, 2.75) is 12.3 Å². The standard InChI is InChI=1S/C19H17N5O7/c25-17(11-22-10-14(7-18(22)26)12-4-2-1-3-5-12)21-20-9-13-6-15(23(28)29)8-16(19(13)27)24(30)31/h1-6,8-9,14,27H,7,10-11H2,(H,21,25)/b20-9-/t14-/m1/s1. The lowest BCUT2D eigenvalue weighted by Crippen LogP contribution is -2.36. The molecule has 0 radical (unpaired) electrons. The largest absolute Gasteiger partial charge is 0.502 e. The molecule has 3 rings (SSSR count). The summed E-state index contributed by atoms with van der Waals surface area (Å²) in [5.41, 5.74) is 1.34. The van der Waals surface area contributed by atoms with E-state index in [4.69, 9.17) is 0 Å². The van der Waals surface area contributed by atoms with Crippen molar-refractivity contribution in [3.8, 4) is 5.75 Å². The Hall–Kier alpha value is -4.35. The number of phenols is 1. The van der Waals surface area contributed by atoms with Crippen LogP contribution < -0.4 is 5.43 Å². The highest BCUT2D eigenvalue weighted by atomic mass is 16.6. The number of hydrogen-bond donors (Lipinski definition) is 2. The Balaban J connectivity index is 1.64. The van der Waals surface area contributed by atoms with Crippen LogP contribution in [0, 0.1) is 20.2 Å². The minimum atomic E-state index is -0.972. The quantitative estimate of drug-likeness (QED) is 0.385. The number of hydrazone groups is 1. The van der Waals surface area contributed by atoms with Crippen LogP contribution in [0.25, 0.3) is 0 Å². The number of hydrogen-bond acceptors (Lipinski definition) is 8. The molecule has 0 bridgehead atoms. The zero-order chi connectivity index (χ0) is 22.5. The van der Waals surface area contributed by atoms with Gasteiger partial charge in [0.15, 0.2) is 0 Å². The Morgan fingerprint density at radius 1 is 1.23 bits per heavy atom. The van der Waals surface area contributed by atoms with Crippen molar-refractivity contribution >= 4 is 29.4 Å². The van der Waals surface area contributed by atoms with Gasteiger partial charge in [0.25, 0.3) is 11.6 Å². The van der Waals surface area contributed by atoms with E-state index in [1.165, 1.54) is 4.90 Å². The highest BCUT2D eigenvalue weighted by Gasteiger charge is 2.31. The van der Waals surface area contributed by atoms with Crippen LogP contribution in [0.5, 0.6) is 5.75 Å². The lowest BCUT2D eigenvalue weighted by Gasteiger charge is -2.15. The second-order valence-corrected chi connectivity index (χ2v) is 6.80. The van der Waals surface area contributed by atoms with Gasteiger partial charge in [-0.25, -0.2) is 5.43 Å². The molecule has 31 heavy (non-hydrogen) atoms. The molecule has 160 valence electrons. The van der Waals surface area contributed by atoms with Gasteiger partial charge in [-0.1, -0.05) is 30.3 Å². The Kier molecular flexibility index (Phi) is 6.19. The van der Waals surface area contributed by atoms with E-state index < -0.39 is 32.9 Å². The first-order chi connectivity index (χ1) is 14.8. The Morgan fingerprint density at radius 3 is 2.58 bits per heavy atom. The minimum Gasteiger partial charge on any atom is -0.502 e. The van der Waals surface area contributed by atoms with Crippen molar-refractivity contribution in [3.05, 3.63) is 73.8 Å². The molecule has 1 aliphatic rings. The molecule has 1 fully saturated rings. The van der Waals surface area contributed by atoms with Crippen molar-refractivity contribution in [3.63, 3.8) is 0 Å². The third-order valence-electron chi connectivity index (χ3n) is 4.72.